The number of amides is 1. The minimum atomic E-state index is -0.935. The molecular formula is C14H17NO4. The first-order valence-corrected chi connectivity index (χ1v) is 6.13. The van der Waals surface area contributed by atoms with Crippen molar-refractivity contribution in [1.29, 1.82) is 0 Å². The number of rotatable bonds is 4. The van der Waals surface area contributed by atoms with Gasteiger partial charge in [-0.25, -0.2) is 4.79 Å². The van der Waals surface area contributed by atoms with Gasteiger partial charge in [0.2, 0.25) is 0 Å². The molecule has 0 bridgehead atoms. The van der Waals surface area contributed by atoms with Crippen LogP contribution in [-0.4, -0.2) is 34.2 Å². The van der Waals surface area contributed by atoms with Gasteiger partial charge in [-0.05, 0) is 25.0 Å². The minimum Gasteiger partial charge on any atom is -0.481 e. The van der Waals surface area contributed by atoms with Crippen molar-refractivity contribution in [2.75, 3.05) is 6.61 Å². The molecule has 1 unspecified atom stereocenters. The highest BCUT2D eigenvalue weighted by Crippen LogP contribution is 2.29. The Labute approximate surface area is 111 Å². The van der Waals surface area contributed by atoms with Gasteiger partial charge in [0.1, 0.15) is 6.61 Å². The van der Waals surface area contributed by atoms with Gasteiger partial charge in [-0.2, -0.15) is 0 Å². The van der Waals surface area contributed by atoms with E-state index in [1.807, 2.05) is 31.2 Å². The van der Waals surface area contributed by atoms with Crippen molar-refractivity contribution in [3.05, 3.63) is 35.4 Å². The van der Waals surface area contributed by atoms with Gasteiger partial charge in [-0.3, -0.25) is 9.69 Å². The van der Waals surface area contributed by atoms with Crippen molar-refractivity contribution < 1.29 is 19.4 Å². The summed E-state index contributed by atoms with van der Waals surface area (Å²) < 4.78 is 5.02. The Morgan fingerprint density at radius 3 is 2.79 bits per heavy atom. The van der Waals surface area contributed by atoms with Crippen LogP contribution in [0.15, 0.2) is 24.3 Å². The topological polar surface area (TPSA) is 66.8 Å². The Bertz CT molecular complexity index is 514. The molecule has 1 heterocycles. The van der Waals surface area contributed by atoms with Crippen LogP contribution >= 0.6 is 0 Å². The van der Waals surface area contributed by atoms with Gasteiger partial charge < -0.3 is 9.84 Å². The number of carbonyl (C=O) groups excluding carboxylic acids is 1. The zero-order chi connectivity index (χ0) is 14.0. The van der Waals surface area contributed by atoms with Crippen molar-refractivity contribution in [3.63, 3.8) is 0 Å². The predicted octanol–water partition coefficient (Wildman–Crippen LogP) is 2.18. The Morgan fingerprint density at radius 1 is 1.47 bits per heavy atom. The molecule has 0 aliphatic carbocycles. The maximum atomic E-state index is 11.8. The second-order valence-electron chi connectivity index (χ2n) is 5.13. The first-order valence-electron chi connectivity index (χ1n) is 6.13. The molecule has 1 N–H and O–H groups in total. The number of hydrogen-bond donors (Lipinski definition) is 1. The Balaban J connectivity index is 2.23. The second-order valence-corrected chi connectivity index (χ2v) is 5.13. The van der Waals surface area contributed by atoms with Gasteiger partial charge in [0.25, 0.3) is 0 Å². The summed E-state index contributed by atoms with van der Waals surface area (Å²) in [6.45, 7) is 4.19. The van der Waals surface area contributed by atoms with Gasteiger partial charge in [0.15, 0.2) is 0 Å². The average molecular weight is 263 g/mol. The van der Waals surface area contributed by atoms with E-state index < -0.39 is 17.6 Å². The summed E-state index contributed by atoms with van der Waals surface area (Å²) in [5.74, 6) is -0.935. The molecule has 1 aliphatic rings. The van der Waals surface area contributed by atoms with Crippen LogP contribution in [0.25, 0.3) is 0 Å². The first-order chi connectivity index (χ1) is 8.92. The number of ether oxygens (including phenoxy) is 1. The minimum absolute atomic E-state index is 0.115. The molecule has 0 aromatic heterocycles. The van der Waals surface area contributed by atoms with Crippen LogP contribution < -0.4 is 0 Å². The maximum Gasteiger partial charge on any atom is 0.410 e. The molecule has 1 amide bonds. The number of aryl methyl sites for hydroxylation is 1. The molecular weight excluding hydrogens is 246 g/mol. The number of aliphatic carboxylic acids is 1. The zero-order valence-corrected chi connectivity index (χ0v) is 11.0. The molecule has 2 rings (SSSR count). The van der Waals surface area contributed by atoms with Crippen LogP contribution in [0, 0.1) is 6.92 Å². The molecule has 19 heavy (non-hydrogen) atoms. The highest BCUT2D eigenvalue weighted by Gasteiger charge is 2.45. The fourth-order valence-electron chi connectivity index (χ4n) is 2.28. The molecule has 1 aromatic carbocycles. The number of nitrogens with zero attached hydrogens (tertiary/aromatic N) is 1. The summed E-state index contributed by atoms with van der Waals surface area (Å²) in [5, 5.41) is 8.97. The standard InChI is InChI=1S/C14H17NO4/c1-10-5-3-4-6-11(10)8-15-13(18)19-9-14(15,2)7-12(16)17/h3-6H,7-9H2,1-2H3,(H,16,17). The number of cyclic esters (lactones) is 1. The Hall–Kier alpha value is -2.04. The Morgan fingerprint density at radius 2 is 2.16 bits per heavy atom. The zero-order valence-electron chi connectivity index (χ0n) is 11.0. The molecule has 1 aliphatic heterocycles. The molecule has 1 fully saturated rings. The molecule has 5 heteroatoms. The molecule has 0 radical (unpaired) electrons. The highest BCUT2D eigenvalue weighted by atomic mass is 16.6. The molecule has 5 nitrogen and oxygen atoms in total. The van der Waals surface area contributed by atoms with Crippen LogP contribution in [0.3, 0.4) is 0 Å². The molecule has 1 saturated heterocycles. The van der Waals surface area contributed by atoms with Crippen molar-refractivity contribution in [3.8, 4) is 0 Å². The van der Waals surface area contributed by atoms with Gasteiger partial charge >= 0.3 is 12.1 Å². The quantitative estimate of drug-likeness (QED) is 0.904. The molecule has 0 spiro atoms. The van der Waals surface area contributed by atoms with E-state index in [4.69, 9.17) is 9.84 Å². The van der Waals surface area contributed by atoms with Gasteiger partial charge in [0.05, 0.1) is 12.0 Å². The third-order valence-electron chi connectivity index (χ3n) is 3.50. The summed E-state index contributed by atoms with van der Waals surface area (Å²) in [5.41, 5.74) is 1.28. The number of benzene rings is 1. The van der Waals surface area contributed by atoms with E-state index in [0.29, 0.717) is 6.54 Å². The number of carbonyl (C=O) groups is 2. The SMILES string of the molecule is Cc1ccccc1CN1C(=O)OCC1(C)CC(=O)O. The van der Waals surface area contributed by atoms with E-state index in [1.165, 1.54) is 4.90 Å². The van der Waals surface area contributed by atoms with Crippen LogP contribution in [0.2, 0.25) is 0 Å². The Kier molecular flexibility index (Phi) is 3.46. The summed E-state index contributed by atoms with van der Waals surface area (Å²) in [7, 11) is 0. The van der Waals surface area contributed by atoms with Crippen LogP contribution in [0.4, 0.5) is 4.79 Å². The normalized spacial score (nSPS) is 22.4. The van der Waals surface area contributed by atoms with E-state index in [9.17, 15) is 9.59 Å². The monoisotopic (exact) mass is 263 g/mol. The van der Waals surface area contributed by atoms with Gasteiger partial charge in [0, 0.05) is 6.54 Å². The van der Waals surface area contributed by atoms with E-state index in [1.54, 1.807) is 6.92 Å². The number of carboxylic acids is 1. The third-order valence-corrected chi connectivity index (χ3v) is 3.50. The molecule has 1 aromatic rings. The fourth-order valence-corrected chi connectivity index (χ4v) is 2.28. The molecule has 102 valence electrons. The smallest absolute Gasteiger partial charge is 0.410 e. The lowest BCUT2D eigenvalue weighted by Crippen LogP contribution is -2.45. The van der Waals surface area contributed by atoms with E-state index in [0.717, 1.165) is 11.1 Å². The van der Waals surface area contributed by atoms with Gasteiger partial charge in [-0.15, -0.1) is 0 Å². The van der Waals surface area contributed by atoms with Gasteiger partial charge in [-0.1, -0.05) is 24.3 Å². The average Bonchev–Trinajstić information content (AvgIpc) is 2.59. The van der Waals surface area contributed by atoms with Crippen LogP contribution in [0.5, 0.6) is 0 Å². The lowest BCUT2D eigenvalue weighted by atomic mass is 9.96. The summed E-state index contributed by atoms with van der Waals surface area (Å²) in [6.07, 6.45) is -0.572. The number of carboxylic acid groups (broad SMARTS) is 1. The first kappa shape index (κ1) is 13.4. The fraction of sp³-hybridized carbons (Fsp3) is 0.429. The summed E-state index contributed by atoms with van der Waals surface area (Å²) in [4.78, 5) is 24.2. The van der Waals surface area contributed by atoms with E-state index >= 15 is 0 Å². The van der Waals surface area contributed by atoms with Crippen molar-refractivity contribution >= 4 is 12.1 Å². The van der Waals surface area contributed by atoms with Crippen molar-refractivity contribution in [2.24, 2.45) is 0 Å². The predicted molar refractivity (Wildman–Crippen MR) is 68.7 cm³/mol. The summed E-state index contributed by atoms with van der Waals surface area (Å²) >= 11 is 0. The van der Waals surface area contributed by atoms with Crippen LogP contribution in [-0.2, 0) is 16.1 Å². The summed E-state index contributed by atoms with van der Waals surface area (Å²) in [6, 6.07) is 7.73. The number of hydrogen-bond acceptors (Lipinski definition) is 3. The molecule has 1 atom stereocenters. The maximum absolute atomic E-state index is 11.8. The lowest BCUT2D eigenvalue weighted by molar-refractivity contribution is -0.139. The lowest BCUT2D eigenvalue weighted by Gasteiger charge is -2.30. The highest BCUT2D eigenvalue weighted by molar-refractivity contribution is 5.75. The molecule has 0 saturated carbocycles. The third kappa shape index (κ3) is 2.70. The largest absolute Gasteiger partial charge is 0.481 e. The van der Waals surface area contributed by atoms with E-state index in [2.05, 4.69) is 0 Å². The van der Waals surface area contributed by atoms with Crippen molar-refractivity contribution in [2.45, 2.75) is 32.4 Å². The van der Waals surface area contributed by atoms with E-state index in [-0.39, 0.29) is 13.0 Å². The second kappa shape index (κ2) is 4.91. The van der Waals surface area contributed by atoms with Crippen molar-refractivity contribution in [1.82, 2.24) is 4.90 Å². The van der Waals surface area contributed by atoms with Crippen LogP contribution in [0.1, 0.15) is 24.5 Å².